The van der Waals surface area contributed by atoms with Gasteiger partial charge in [-0.2, -0.15) is 0 Å². The number of allylic oxidation sites excluding steroid dienone is 1. The molecule has 0 saturated heterocycles. The van der Waals surface area contributed by atoms with Crippen molar-refractivity contribution in [2.45, 2.75) is 26.2 Å². The molecule has 2 nitrogen and oxygen atoms in total. The topological polar surface area (TPSA) is 38.0 Å². The monoisotopic (exact) mass is 142 g/mol. The lowest BCUT2D eigenvalue weighted by molar-refractivity contribution is 0.661. The van der Waals surface area contributed by atoms with Gasteiger partial charge in [-0.25, -0.2) is 0 Å². The van der Waals surface area contributed by atoms with E-state index in [1.54, 1.807) is 0 Å². The molecule has 0 rings (SSSR count). The standard InChI is InChI=1S/C8H18N2/c1-2-7-10-8-5-3-4-6-9/h2,7,10H,3-6,8-9H2,1H3/b7-2-. The van der Waals surface area contributed by atoms with Crippen molar-refractivity contribution in [2.24, 2.45) is 5.73 Å². The van der Waals surface area contributed by atoms with Crippen molar-refractivity contribution in [3.8, 4) is 0 Å². The Bertz CT molecular complexity index is 79.3. The molecular formula is C8H18N2. The van der Waals surface area contributed by atoms with Gasteiger partial charge >= 0.3 is 0 Å². The number of nitrogens with one attached hydrogen (secondary N) is 1. The van der Waals surface area contributed by atoms with Gasteiger partial charge < -0.3 is 11.1 Å². The van der Waals surface area contributed by atoms with Crippen molar-refractivity contribution in [2.75, 3.05) is 13.1 Å². The normalized spacial score (nSPS) is 10.6. The van der Waals surface area contributed by atoms with E-state index in [1.807, 2.05) is 19.2 Å². The van der Waals surface area contributed by atoms with Crippen LogP contribution in [0.3, 0.4) is 0 Å². The van der Waals surface area contributed by atoms with Crippen LogP contribution >= 0.6 is 0 Å². The van der Waals surface area contributed by atoms with Gasteiger partial charge in [-0.15, -0.1) is 0 Å². The molecule has 0 fully saturated rings. The second-order valence-electron chi connectivity index (χ2n) is 2.30. The maximum absolute atomic E-state index is 5.34. The highest BCUT2D eigenvalue weighted by Gasteiger charge is 1.83. The van der Waals surface area contributed by atoms with E-state index in [0.29, 0.717) is 0 Å². The lowest BCUT2D eigenvalue weighted by atomic mass is 10.2. The summed E-state index contributed by atoms with van der Waals surface area (Å²) in [6.07, 6.45) is 7.59. The minimum absolute atomic E-state index is 0.823. The quantitative estimate of drug-likeness (QED) is 0.547. The van der Waals surface area contributed by atoms with E-state index in [-0.39, 0.29) is 0 Å². The van der Waals surface area contributed by atoms with E-state index in [0.717, 1.165) is 19.5 Å². The highest BCUT2D eigenvalue weighted by Crippen LogP contribution is 1.90. The Hall–Kier alpha value is -0.500. The minimum Gasteiger partial charge on any atom is -0.391 e. The molecule has 0 saturated carbocycles. The van der Waals surface area contributed by atoms with Gasteiger partial charge in [0.2, 0.25) is 0 Å². The van der Waals surface area contributed by atoms with Crippen LogP contribution in [-0.4, -0.2) is 13.1 Å². The fourth-order valence-corrected chi connectivity index (χ4v) is 0.749. The van der Waals surface area contributed by atoms with E-state index in [9.17, 15) is 0 Å². The fourth-order valence-electron chi connectivity index (χ4n) is 0.749. The summed E-state index contributed by atoms with van der Waals surface area (Å²) in [6.45, 7) is 3.90. The maximum Gasteiger partial charge on any atom is 0.0141 e. The summed E-state index contributed by atoms with van der Waals surface area (Å²) in [5.41, 5.74) is 5.34. The smallest absolute Gasteiger partial charge is 0.0141 e. The molecule has 0 spiro atoms. The SMILES string of the molecule is C/C=C\NCCCCCN. The molecule has 3 N–H and O–H groups in total. The molecule has 10 heavy (non-hydrogen) atoms. The molecule has 0 bridgehead atoms. The predicted molar refractivity (Wildman–Crippen MR) is 45.7 cm³/mol. The number of nitrogens with two attached hydrogens (primary N) is 1. The fraction of sp³-hybridized carbons (Fsp3) is 0.750. The van der Waals surface area contributed by atoms with E-state index in [2.05, 4.69) is 5.32 Å². The average molecular weight is 142 g/mol. The Labute approximate surface area is 63.5 Å². The predicted octanol–water partition coefficient (Wildman–Crippen LogP) is 1.24. The molecule has 0 aliphatic heterocycles. The molecule has 0 aliphatic carbocycles. The van der Waals surface area contributed by atoms with Crippen molar-refractivity contribution in [1.82, 2.24) is 5.32 Å². The van der Waals surface area contributed by atoms with Crippen LogP contribution in [0.25, 0.3) is 0 Å². The van der Waals surface area contributed by atoms with Crippen molar-refractivity contribution >= 4 is 0 Å². The summed E-state index contributed by atoms with van der Waals surface area (Å²) in [5.74, 6) is 0. The summed E-state index contributed by atoms with van der Waals surface area (Å²) in [6, 6.07) is 0. The zero-order valence-electron chi connectivity index (χ0n) is 6.77. The van der Waals surface area contributed by atoms with Gasteiger partial charge in [0.1, 0.15) is 0 Å². The summed E-state index contributed by atoms with van der Waals surface area (Å²) < 4.78 is 0. The Kier molecular flexibility index (Phi) is 8.07. The maximum atomic E-state index is 5.34. The van der Waals surface area contributed by atoms with Crippen LogP contribution in [-0.2, 0) is 0 Å². The zero-order chi connectivity index (χ0) is 7.66. The summed E-state index contributed by atoms with van der Waals surface area (Å²) in [7, 11) is 0. The van der Waals surface area contributed by atoms with Gasteiger partial charge in [0.15, 0.2) is 0 Å². The van der Waals surface area contributed by atoms with Gasteiger partial charge in [-0.1, -0.05) is 12.5 Å². The van der Waals surface area contributed by atoms with Gasteiger partial charge in [-0.05, 0) is 32.5 Å². The molecule has 0 aromatic rings. The number of hydrogen-bond acceptors (Lipinski definition) is 2. The van der Waals surface area contributed by atoms with Gasteiger partial charge in [0.25, 0.3) is 0 Å². The van der Waals surface area contributed by atoms with Crippen molar-refractivity contribution in [1.29, 1.82) is 0 Å². The molecule has 0 atom stereocenters. The Balaban J connectivity index is 2.77. The van der Waals surface area contributed by atoms with Gasteiger partial charge in [0, 0.05) is 6.54 Å². The van der Waals surface area contributed by atoms with Crippen LogP contribution in [0.5, 0.6) is 0 Å². The number of rotatable bonds is 6. The first-order chi connectivity index (χ1) is 4.91. The lowest BCUT2D eigenvalue weighted by Gasteiger charge is -1.98. The summed E-state index contributed by atoms with van der Waals surface area (Å²) in [5, 5.41) is 3.17. The molecule has 0 aromatic carbocycles. The molecule has 2 heteroatoms. The van der Waals surface area contributed by atoms with Crippen LogP contribution in [0.15, 0.2) is 12.3 Å². The third kappa shape index (κ3) is 7.50. The second-order valence-corrected chi connectivity index (χ2v) is 2.30. The Morgan fingerprint density at radius 2 is 2.10 bits per heavy atom. The van der Waals surface area contributed by atoms with E-state index >= 15 is 0 Å². The van der Waals surface area contributed by atoms with Crippen molar-refractivity contribution in [3.63, 3.8) is 0 Å². The first kappa shape index (κ1) is 9.50. The molecule has 60 valence electrons. The Morgan fingerprint density at radius 3 is 2.70 bits per heavy atom. The van der Waals surface area contributed by atoms with Crippen molar-refractivity contribution in [3.05, 3.63) is 12.3 Å². The van der Waals surface area contributed by atoms with Crippen LogP contribution in [0, 0.1) is 0 Å². The largest absolute Gasteiger partial charge is 0.391 e. The van der Waals surface area contributed by atoms with Crippen molar-refractivity contribution < 1.29 is 0 Å². The van der Waals surface area contributed by atoms with E-state index in [4.69, 9.17) is 5.73 Å². The molecule has 0 unspecified atom stereocenters. The molecule has 0 heterocycles. The average Bonchev–Trinajstić information content (AvgIpc) is 1.97. The zero-order valence-corrected chi connectivity index (χ0v) is 6.77. The van der Waals surface area contributed by atoms with Gasteiger partial charge in [-0.3, -0.25) is 0 Å². The van der Waals surface area contributed by atoms with Crippen LogP contribution in [0.4, 0.5) is 0 Å². The number of hydrogen-bond donors (Lipinski definition) is 2. The molecular weight excluding hydrogens is 124 g/mol. The number of unbranched alkanes of at least 4 members (excludes halogenated alkanes) is 2. The first-order valence-electron chi connectivity index (χ1n) is 3.96. The highest BCUT2D eigenvalue weighted by atomic mass is 14.8. The van der Waals surface area contributed by atoms with E-state index in [1.165, 1.54) is 12.8 Å². The summed E-state index contributed by atoms with van der Waals surface area (Å²) in [4.78, 5) is 0. The second kappa shape index (κ2) is 8.50. The van der Waals surface area contributed by atoms with Crippen LogP contribution in [0.2, 0.25) is 0 Å². The first-order valence-corrected chi connectivity index (χ1v) is 3.96. The minimum atomic E-state index is 0.823. The Morgan fingerprint density at radius 1 is 1.30 bits per heavy atom. The lowest BCUT2D eigenvalue weighted by Crippen LogP contribution is -2.07. The third-order valence-corrected chi connectivity index (χ3v) is 1.31. The van der Waals surface area contributed by atoms with Crippen LogP contribution < -0.4 is 11.1 Å². The van der Waals surface area contributed by atoms with Gasteiger partial charge in [0.05, 0.1) is 0 Å². The molecule has 0 aliphatic rings. The third-order valence-electron chi connectivity index (χ3n) is 1.31. The van der Waals surface area contributed by atoms with E-state index < -0.39 is 0 Å². The molecule has 0 aromatic heterocycles. The molecule has 0 radical (unpaired) electrons. The van der Waals surface area contributed by atoms with Crippen LogP contribution in [0.1, 0.15) is 26.2 Å². The summed E-state index contributed by atoms with van der Waals surface area (Å²) >= 11 is 0. The highest BCUT2D eigenvalue weighted by molar-refractivity contribution is 4.73. The molecule has 0 amide bonds.